The summed E-state index contributed by atoms with van der Waals surface area (Å²) in [5.74, 6) is 0. The molecule has 0 aliphatic heterocycles. The zero-order valence-electron chi connectivity index (χ0n) is 9.53. The van der Waals surface area contributed by atoms with E-state index in [1.54, 1.807) is 24.0 Å². The molecule has 0 spiro atoms. The molecule has 4 heteroatoms. The molecular weight excluding hydrogens is 202 g/mol. The number of aromatic nitrogens is 2. The fourth-order valence-corrected chi connectivity index (χ4v) is 1.78. The minimum absolute atomic E-state index is 0.0247. The molecule has 84 valence electrons. The Kier molecular flexibility index (Phi) is 3.01. The van der Waals surface area contributed by atoms with Crippen molar-refractivity contribution in [1.82, 2.24) is 14.9 Å². The number of nitrogens with zero attached hydrogens (tertiary/aromatic N) is 2. The molecule has 2 aromatic heterocycles. The molecule has 0 amide bonds. The Morgan fingerprint density at radius 1 is 1.44 bits per heavy atom. The summed E-state index contributed by atoms with van der Waals surface area (Å²) in [6, 6.07) is 3.82. The topological polar surface area (TPSA) is 46.9 Å². The molecule has 0 saturated heterocycles. The second-order valence-corrected chi connectivity index (χ2v) is 3.81. The van der Waals surface area contributed by atoms with Gasteiger partial charge in [-0.1, -0.05) is 0 Å². The highest BCUT2D eigenvalue weighted by Gasteiger charge is 2.06. The number of hydrogen-bond acceptors (Lipinski definition) is 3. The molecule has 0 saturated carbocycles. The first-order chi connectivity index (χ1) is 7.74. The van der Waals surface area contributed by atoms with E-state index >= 15 is 0 Å². The summed E-state index contributed by atoms with van der Waals surface area (Å²) >= 11 is 0. The van der Waals surface area contributed by atoms with Gasteiger partial charge in [0.05, 0.1) is 11.1 Å². The van der Waals surface area contributed by atoms with Crippen LogP contribution in [0.25, 0.3) is 10.8 Å². The number of hydrogen-bond donors (Lipinski definition) is 1. The molecule has 0 unspecified atom stereocenters. The highest BCUT2D eigenvalue weighted by atomic mass is 16.1. The Labute approximate surface area is 93.9 Å². The quantitative estimate of drug-likeness (QED) is 0.823. The van der Waals surface area contributed by atoms with Gasteiger partial charge in [-0.05, 0) is 24.6 Å². The number of aryl methyl sites for hydroxylation is 1. The lowest BCUT2D eigenvalue weighted by molar-refractivity contribution is 0.778. The molecular formula is C12H15N3O. The molecule has 0 aromatic carbocycles. The van der Waals surface area contributed by atoms with E-state index in [-0.39, 0.29) is 5.56 Å². The van der Waals surface area contributed by atoms with Crippen LogP contribution < -0.4 is 10.9 Å². The van der Waals surface area contributed by atoms with Crippen molar-refractivity contribution in [3.05, 3.63) is 40.6 Å². The number of rotatable bonds is 3. The van der Waals surface area contributed by atoms with Crippen LogP contribution in [0.4, 0.5) is 0 Å². The molecule has 0 aliphatic carbocycles. The number of nitrogens with one attached hydrogen (secondary N) is 1. The fraction of sp³-hybridized carbons (Fsp3) is 0.333. The van der Waals surface area contributed by atoms with Crippen LogP contribution in [0.1, 0.15) is 5.69 Å². The molecule has 0 fully saturated rings. The highest BCUT2D eigenvalue weighted by Crippen LogP contribution is 2.12. The molecule has 4 nitrogen and oxygen atoms in total. The van der Waals surface area contributed by atoms with E-state index in [4.69, 9.17) is 0 Å². The Hall–Kier alpha value is -1.68. The molecule has 2 rings (SSSR count). The van der Waals surface area contributed by atoms with Crippen molar-refractivity contribution in [2.24, 2.45) is 7.05 Å². The third-order valence-corrected chi connectivity index (χ3v) is 2.69. The van der Waals surface area contributed by atoms with Gasteiger partial charge in [0.15, 0.2) is 0 Å². The van der Waals surface area contributed by atoms with Crippen molar-refractivity contribution in [3.63, 3.8) is 0 Å². The van der Waals surface area contributed by atoms with Crippen molar-refractivity contribution < 1.29 is 0 Å². The lowest BCUT2D eigenvalue weighted by atomic mass is 10.1. The van der Waals surface area contributed by atoms with Gasteiger partial charge in [0.2, 0.25) is 0 Å². The molecule has 0 radical (unpaired) electrons. The van der Waals surface area contributed by atoms with Crippen molar-refractivity contribution in [3.8, 4) is 0 Å². The molecule has 16 heavy (non-hydrogen) atoms. The predicted molar refractivity (Wildman–Crippen MR) is 64.6 cm³/mol. The summed E-state index contributed by atoms with van der Waals surface area (Å²) in [6.45, 7) is 0.824. The molecule has 0 aliphatic rings. The lowest BCUT2D eigenvalue weighted by Crippen LogP contribution is -2.19. The lowest BCUT2D eigenvalue weighted by Gasteiger charge is -2.06. The second-order valence-electron chi connectivity index (χ2n) is 3.81. The maximum Gasteiger partial charge on any atom is 0.260 e. The van der Waals surface area contributed by atoms with Crippen LogP contribution in [0.2, 0.25) is 0 Å². The summed E-state index contributed by atoms with van der Waals surface area (Å²) in [5.41, 5.74) is 0.893. The van der Waals surface area contributed by atoms with Crippen molar-refractivity contribution in [2.45, 2.75) is 6.42 Å². The summed E-state index contributed by atoms with van der Waals surface area (Å²) in [5, 5.41) is 4.77. The number of likely N-dealkylation sites (N-methyl/N-ethyl adjacent to an activating group) is 1. The SMILES string of the molecule is CNCCc1nccc2ccn(C)c(=O)c12. The van der Waals surface area contributed by atoms with E-state index in [2.05, 4.69) is 10.3 Å². The summed E-state index contributed by atoms with van der Waals surface area (Å²) in [4.78, 5) is 16.3. The van der Waals surface area contributed by atoms with Gasteiger partial charge in [-0.15, -0.1) is 0 Å². The Bertz CT molecular complexity index is 560. The average Bonchev–Trinajstić information content (AvgIpc) is 2.31. The Morgan fingerprint density at radius 3 is 3.00 bits per heavy atom. The Balaban J connectivity index is 2.65. The van der Waals surface area contributed by atoms with Gasteiger partial charge in [0, 0.05) is 32.4 Å². The molecule has 1 N–H and O–H groups in total. The number of fused-ring (bicyclic) bond motifs is 1. The maximum absolute atomic E-state index is 12.0. The van der Waals surface area contributed by atoms with Crippen molar-refractivity contribution >= 4 is 10.8 Å². The monoisotopic (exact) mass is 217 g/mol. The van der Waals surface area contributed by atoms with Crippen molar-refractivity contribution in [2.75, 3.05) is 13.6 Å². The van der Waals surface area contributed by atoms with Crippen LogP contribution in [-0.2, 0) is 13.5 Å². The third kappa shape index (κ3) is 1.84. The maximum atomic E-state index is 12.0. The average molecular weight is 217 g/mol. The third-order valence-electron chi connectivity index (χ3n) is 2.69. The van der Waals surface area contributed by atoms with E-state index in [1.165, 1.54) is 0 Å². The van der Waals surface area contributed by atoms with Gasteiger partial charge in [0.25, 0.3) is 5.56 Å². The zero-order chi connectivity index (χ0) is 11.5. The fourth-order valence-electron chi connectivity index (χ4n) is 1.78. The summed E-state index contributed by atoms with van der Waals surface area (Å²) in [7, 11) is 3.65. The smallest absolute Gasteiger partial charge is 0.260 e. The number of pyridine rings is 2. The van der Waals surface area contributed by atoms with Crippen LogP contribution in [0.15, 0.2) is 29.3 Å². The molecule has 2 aromatic rings. The van der Waals surface area contributed by atoms with Crippen LogP contribution in [0, 0.1) is 0 Å². The second kappa shape index (κ2) is 4.45. The van der Waals surface area contributed by atoms with Crippen LogP contribution in [0.3, 0.4) is 0 Å². The first-order valence-electron chi connectivity index (χ1n) is 5.32. The first-order valence-corrected chi connectivity index (χ1v) is 5.32. The van der Waals surface area contributed by atoms with Gasteiger partial charge < -0.3 is 9.88 Å². The minimum atomic E-state index is 0.0247. The summed E-state index contributed by atoms with van der Waals surface area (Å²) < 4.78 is 1.59. The van der Waals surface area contributed by atoms with E-state index in [0.29, 0.717) is 0 Å². The van der Waals surface area contributed by atoms with E-state index in [1.807, 2.05) is 19.2 Å². The van der Waals surface area contributed by atoms with Gasteiger partial charge in [0.1, 0.15) is 0 Å². The molecule has 0 bridgehead atoms. The Morgan fingerprint density at radius 2 is 2.25 bits per heavy atom. The van der Waals surface area contributed by atoms with Gasteiger partial charge in [-0.3, -0.25) is 9.78 Å². The first kappa shape index (κ1) is 10.8. The van der Waals surface area contributed by atoms with E-state index < -0.39 is 0 Å². The van der Waals surface area contributed by atoms with Gasteiger partial charge >= 0.3 is 0 Å². The normalized spacial score (nSPS) is 10.9. The van der Waals surface area contributed by atoms with Crippen molar-refractivity contribution in [1.29, 1.82) is 0 Å². The summed E-state index contributed by atoms with van der Waals surface area (Å²) in [6.07, 6.45) is 4.31. The molecule has 2 heterocycles. The van der Waals surface area contributed by atoms with E-state index in [9.17, 15) is 4.79 Å². The standard InChI is InChI=1S/C12H15N3O/c1-13-6-4-10-11-9(3-7-14-10)5-8-15(2)12(11)16/h3,5,7-8,13H,4,6H2,1-2H3. The highest BCUT2D eigenvalue weighted by molar-refractivity contribution is 5.83. The van der Waals surface area contributed by atoms with Gasteiger partial charge in [-0.2, -0.15) is 0 Å². The zero-order valence-corrected chi connectivity index (χ0v) is 9.53. The van der Waals surface area contributed by atoms with Crippen LogP contribution in [0.5, 0.6) is 0 Å². The molecule has 0 atom stereocenters. The van der Waals surface area contributed by atoms with E-state index in [0.717, 1.165) is 29.4 Å². The van der Waals surface area contributed by atoms with Crippen LogP contribution in [-0.4, -0.2) is 23.1 Å². The predicted octanol–water partition coefficient (Wildman–Crippen LogP) is 0.695. The van der Waals surface area contributed by atoms with Gasteiger partial charge in [-0.25, -0.2) is 0 Å². The van der Waals surface area contributed by atoms with Crippen LogP contribution >= 0.6 is 0 Å². The minimum Gasteiger partial charge on any atom is -0.319 e. The largest absolute Gasteiger partial charge is 0.319 e.